The van der Waals surface area contributed by atoms with Crippen LogP contribution in [-0.2, 0) is 18.4 Å². The maximum absolute atomic E-state index is 10.8. The Balaban J connectivity index is 2.27. The Bertz CT molecular complexity index is 406. The average Bonchev–Trinajstić information content (AvgIpc) is 2.38. The van der Waals surface area contributed by atoms with E-state index in [9.17, 15) is 5.11 Å². The Kier molecular flexibility index (Phi) is 4.11. The van der Waals surface area contributed by atoms with Crippen LogP contribution < -0.4 is 0 Å². The van der Waals surface area contributed by atoms with Crippen molar-refractivity contribution in [2.24, 2.45) is 5.92 Å². The summed E-state index contributed by atoms with van der Waals surface area (Å²) >= 11 is 0. The molecule has 1 aliphatic carbocycles. The maximum atomic E-state index is 10.8. The summed E-state index contributed by atoms with van der Waals surface area (Å²) in [6.07, 6.45) is 7.20. The van der Waals surface area contributed by atoms with Crippen LogP contribution in [0.25, 0.3) is 0 Å². The molecule has 18 heavy (non-hydrogen) atoms. The fraction of sp³-hybridized carbons (Fsp3) is 0.647. The number of hydrogen-bond acceptors (Lipinski definition) is 1. The molecule has 0 saturated carbocycles. The summed E-state index contributed by atoms with van der Waals surface area (Å²) in [5.74, 6) is 0.309. The van der Waals surface area contributed by atoms with Crippen molar-refractivity contribution in [2.45, 2.75) is 64.9 Å². The van der Waals surface area contributed by atoms with E-state index >= 15 is 0 Å². The van der Waals surface area contributed by atoms with Gasteiger partial charge >= 0.3 is 0 Å². The molecule has 100 valence electrons. The lowest BCUT2D eigenvalue weighted by atomic mass is 9.79. The Hall–Kier alpha value is -0.820. The van der Waals surface area contributed by atoms with Gasteiger partial charge in [-0.05, 0) is 61.6 Å². The van der Waals surface area contributed by atoms with Gasteiger partial charge in [0.05, 0.1) is 5.60 Å². The van der Waals surface area contributed by atoms with E-state index in [4.69, 9.17) is 0 Å². The summed E-state index contributed by atoms with van der Waals surface area (Å²) in [6.45, 7) is 6.31. The van der Waals surface area contributed by atoms with Gasteiger partial charge in [-0.3, -0.25) is 0 Å². The molecule has 0 amide bonds. The smallest absolute Gasteiger partial charge is 0.0894 e. The number of rotatable bonds is 4. The molecule has 2 atom stereocenters. The highest BCUT2D eigenvalue weighted by atomic mass is 16.3. The lowest BCUT2D eigenvalue weighted by Crippen LogP contribution is -2.30. The first-order valence-corrected chi connectivity index (χ1v) is 7.40. The second kappa shape index (κ2) is 5.44. The molecular weight excluding hydrogens is 220 g/mol. The molecule has 1 N–H and O–H groups in total. The van der Waals surface area contributed by atoms with Gasteiger partial charge in [0.25, 0.3) is 0 Å². The second-order valence-electron chi connectivity index (χ2n) is 6.03. The number of aryl methyl sites for hydroxylation is 2. The molecule has 0 spiro atoms. The minimum absolute atomic E-state index is 0.309. The van der Waals surface area contributed by atoms with Crippen LogP contribution in [0.2, 0.25) is 0 Å². The molecule has 1 aromatic carbocycles. The van der Waals surface area contributed by atoms with Crippen molar-refractivity contribution >= 4 is 0 Å². The highest BCUT2D eigenvalue weighted by Crippen LogP contribution is 2.34. The molecule has 1 nitrogen and oxygen atoms in total. The van der Waals surface area contributed by atoms with E-state index in [2.05, 4.69) is 32.0 Å². The molecule has 0 bridgehead atoms. The Morgan fingerprint density at radius 3 is 2.56 bits per heavy atom. The van der Waals surface area contributed by atoms with Crippen LogP contribution in [0.3, 0.4) is 0 Å². The zero-order valence-corrected chi connectivity index (χ0v) is 12.0. The third-order valence-corrected chi connectivity index (χ3v) is 4.61. The number of benzene rings is 1. The SMILES string of the molecule is CCCC(C)C(C)(O)c1ccc2c(c1)CCCC2. The Labute approximate surface area is 111 Å². The predicted octanol–water partition coefficient (Wildman–Crippen LogP) is 4.21. The molecular formula is C17H26O. The number of hydrogen-bond donors (Lipinski definition) is 1. The quantitative estimate of drug-likeness (QED) is 0.843. The first-order chi connectivity index (χ1) is 8.55. The lowest BCUT2D eigenvalue weighted by Gasteiger charge is -2.32. The minimum atomic E-state index is -0.692. The van der Waals surface area contributed by atoms with Crippen molar-refractivity contribution in [3.05, 3.63) is 34.9 Å². The molecule has 1 aliphatic rings. The monoisotopic (exact) mass is 246 g/mol. The second-order valence-corrected chi connectivity index (χ2v) is 6.03. The van der Waals surface area contributed by atoms with Crippen molar-refractivity contribution in [2.75, 3.05) is 0 Å². The van der Waals surface area contributed by atoms with Crippen LogP contribution in [0.4, 0.5) is 0 Å². The summed E-state index contributed by atoms with van der Waals surface area (Å²) in [7, 11) is 0. The van der Waals surface area contributed by atoms with Gasteiger partial charge in [0.1, 0.15) is 0 Å². The minimum Gasteiger partial charge on any atom is -0.385 e. The topological polar surface area (TPSA) is 20.2 Å². The normalized spacial score (nSPS) is 20.0. The standard InChI is InChI=1S/C17H26O/c1-4-7-13(2)17(3,18)16-11-10-14-8-5-6-9-15(14)12-16/h10-13,18H,4-9H2,1-3H3. The molecule has 1 aromatic rings. The lowest BCUT2D eigenvalue weighted by molar-refractivity contribution is -0.00228. The summed E-state index contributed by atoms with van der Waals surface area (Å²) in [6, 6.07) is 6.62. The zero-order chi connectivity index (χ0) is 13.2. The van der Waals surface area contributed by atoms with E-state index in [0.717, 1.165) is 18.4 Å². The van der Waals surface area contributed by atoms with Gasteiger partial charge in [0.15, 0.2) is 0 Å². The van der Waals surface area contributed by atoms with Crippen LogP contribution in [0.15, 0.2) is 18.2 Å². The molecule has 0 saturated heterocycles. The van der Waals surface area contributed by atoms with E-state index in [1.807, 2.05) is 6.92 Å². The summed E-state index contributed by atoms with van der Waals surface area (Å²) in [5, 5.41) is 10.8. The first kappa shape index (κ1) is 13.6. The Morgan fingerprint density at radius 2 is 1.89 bits per heavy atom. The van der Waals surface area contributed by atoms with Crippen LogP contribution in [0, 0.1) is 5.92 Å². The van der Waals surface area contributed by atoms with Gasteiger partial charge in [-0.15, -0.1) is 0 Å². The van der Waals surface area contributed by atoms with E-state index in [0.29, 0.717) is 5.92 Å². The summed E-state index contributed by atoms with van der Waals surface area (Å²) in [4.78, 5) is 0. The fourth-order valence-corrected chi connectivity index (χ4v) is 3.05. The third-order valence-electron chi connectivity index (χ3n) is 4.61. The largest absolute Gasteiger partial charge is 0.385 e. The molecule has 0 aliphatic heterocycles. The van der Waals surface area contributed by atoms with Crippen LogP contribution >= 0.6 is 0 Å². The summed E-state index contributed by atoms with van der Waals surface area (Å²) < 4.78 is 0. The average molecular weight is 246 g/mol. The zero-order valence-electron chi connectivity index (χ0n) is 12.0. The van der Waals surface area contributed by atoms with E-state index < -0.39 is 5.60 Å². The van der Waals surface area contributed by atoms with Crippen LogP contribution in [-0.4, -0.2) is 5.11 Å². The third kappa shape index (κ3) is 2.61. The first-order valence-electron chi connectivity index (χ1n) is 7.40. The van der Waals surface area contributed by atoms with Gasteiger partial charge in [-0.25, -0.2) is 0 Å². The van der Waals surface area contributed by atoms with Gasteiger partial charge < -0.3 is 5.11 Å². The molecule has 0 fully saturated rings. The highest BCUT2D eigenvalue weighted by molar-refractivity contribution is 5.36. The Morgan fingerprint density at radius 1 is 1.22 bits per heavy atom. The maximum Gasteiger partial charge on any atom is 0.0894 e. The number of fused-ring (bicyclic) bond motifs is 1. The van der Waals surface area contributed by atoms with Crippen molar-refractivity contribution < 1.29 is 5.11 Å². The highest BCUT2D eigenvalue weighted by Gasteiger charge is 2.30. The number of aliphatic hydroxyl groups is 1. The molecule has 2 unspecified atom stereocenters. The van der Waals surface area contributed by atoms with Crippen LogP contribution in [0.1, 0.15) is 63.1 Å². The molecule has 0 radical (unpaired) electrons. The van der Waals surface area contributed by atoms with Gasteiger partial charge in [-0.2, -0.15) is 0 Å². The van der Waals surface area contributed by atoms with E-state index in [-0.39, 0.29) is 0 Å². The summed E-state index contributed by atoms with van der Waals surface area (Å²) in [5.41, 5.74) is 3.36. The van der Waals surface area contributed by atoms with E-state index in [1.54, 1.807) is 0 Å². The van der Waals surface area contributed by atoms with Crippen molar-refractivity contribution in [1.29, 1.82) is 0 Å². The van der Waals surface area contributed by atoms with Gasteiger partial charge in [0.2, 0.25) is 0 Å². The van der Waals surface area contributed by atoms with Crippen molar-refractivity contribution in [3.8, 4) is 0 Å². The van der Waals surface area contributed by atoms with Gasteiger partial charge in [-0.1, -0.05) is 38.5 Å². The van der Waals surface area contributed by atoms with Gasteiger partial charge in [0, 0.05) is 0 Å². The van der Waals surface area contributed by atoms with Crippen LogP contribution in [0.5, 0.6) is 0 Å². The molecule has 0 heterocycles. The predicted molar refractivity (Wildman–Crippen MR) is 76.7 cm³/mol. The van der Waals surface area contributed by atoms with Crippen molar-refractivity contribution in [1.82, 2.24) is 0 Å². The fourth-order valence-electron chi connectivity index (χ4n) is 3.05. The van der Waals surface area contributed by atoms with Crippen molar-refractivity contribution in [3.63, 3.8) is 0 Å². The molecule has 0 aromatic heterocycles. The van der Waals surface area contributed by atoms with E-state index in [1.165, 1.54) is 36.8 Å². The molecule has 2 rings (SSSR count). The molecule has 1 heteroatoms.